The Morgan fingerprint density at radius 1 is 1.09 bits per heavy atom. The first-order valence-electron chi connectivity index (χ1n) is 6.96. The molecule has 1 aliphatic heterocycles. The lowest BCUT2D eigenvalue weighted by Gasteiger charge is -2.17. The summed E-state index contributed by atoms with van der Waals surface area (Å²) in [5.41, 5.74) is 4.20. The molecule has 0 radical (unpaired) electrons. The van der Waals surface area contributed by atoms with Gasteiger partial charge in [0.2, 0.25) is 0 Å². The van der Waals surface area contributed by atoms with E-state index in [2.05, 4.69) is 5.32 Å². The number of hydrogen-bond donors (Lipinski definition) is 1. The number of fused-ring (bicyclic) bond motifs is 1. The molecule has 0 atom stereocenters. The number of hydrogen-bond acceptors (Lipinski definition) is 3. The third kappa shape index (κ3) is 2.91. The van der Waals surface area contributed by atoms with Gasteiger partial charge in [0.05, 0.1) is 5.69 Å². The Hall–Kier alpha value is -2.88. The molecule has 3 rings (SSSR count). The van der Waals surface area contributed by atoms with Crippen molar-refractivity contribution in [2.75, 3.05) is 11.9 Å². The molecule has 0 bridgehead atoms. The molecule has 110 valence electrons. The predicted octanol–water partition coefficient (Wildman–Crippen LogP) is 3.31. The Kier molecular flexibility index (Phi) is 3.74. The standard InChI is InChI=1S/C18H15NO3/c1-12-2-5-15(10-20)14(8-12)6-3-13-4-7-17-16(9-13)19-18(21)11-22-17/h2-10H,11H2,1H3,(H,19,21)/b6-3+. The summed E-state index contributed by atoms with van der Waals surface area (Å²) in [6, 6.07) is 11.3. The molecule has 4 nitrogen and oxygen atoms in total. The van der Waals surface area contributed by atoms with E-state index in [9.17, 15) is 9.59 Å². The number of carbonyl (C=O) groups excluding carboxylic acids is 2. The number of aryl methyl sites for hydroxylation is 1. The van der Waals surface area contributed by atoms with Crippen LogP contribution in [0.4, 0.5) is 5.69 Å². The van der Waals surface area contributed by atoms with E-state index in [0.717, 1.165) is 23.0 Å². The van der Waals surface area contributed by atoms with E-state index in [4.69, 9.17) is 4.74 Å². The van der Waals surface area contributed by atoms with Crippen molar-refractivity contribution in [1.29, 1.82) is 0 Å². The maximum Gasteiger partial charge on any atom is 0.262 e. The Balaban J connectivity index is 1.90. The lowest BCUT2D eigenvalue weighted by Crippen LogP contribution is -2.25. The number of aldehydes is 1. The number of benzene rings is 2. The van der Waals surface area contributed by atoms with Gasteiger partial charge in [0.1, 0.15) is 5.75 Å². The molecule has 0 aromatic heterocycles. The quantitative estimate of drug-likeness (QED) is 0.697. The van der Waals surface area contributed by atoms with Gasteiger partial charge in [-0.25, -0.2) is 0 Å². The van der Waals surface area contributed by atoms with E-state index in [-0.39, 0.29) is 12.5 Å². The van der Waals surface area contributed by atoms with Gasteiger partial charge >= 0.3 is 0 Å². The first-order chi connectivity index (χ1) is 10.7. The van der Waals surface area contributed by atoms with Crippen LogP contribution in [-0.2, 0) is 4.79 Å². The molecule has 0 unspecified atom stereocenters. The fourth-order valence-corrected chi connectivity index (χ4v) is 2.34. The minimum atomic E-state index is -0.157. The molecular weight excluding hydrogens is 278 g/mol. The molecule has 0 spiro atoms. The molecule has 0 saturated carbocycles. The van der Waals surface area contributed by atoms with Crippen LogP contribution in [0.1, 0.15) is 27.0 Å². The number of anilines is 1. The summed E-state index contributed by atoms with van der Waals surface area (Å²) in [5.74, 6) is 0.511. The second-order valence-electron chi connectivity index (χ2n) is 5.18. The van der Waals surface area contributed by atoms with E-state index in [1.165, 1.54) is 0 Å². The van der Waals surface area contributed by atoms with Crippen molar-refractivity contribution in [3.05, 3.63) is 58.7 Å². The third-order valence-corrected chi connectivity index (χ3v) is 3.46. The highest BCUT2D eigenvalue weighted by Crippen LogP contribution is 2.29. The SMILES string of the molecule is Cc1ccc(C=O)c(/C=C/c2ccc3c(c2)NC(=O)CO3)c1. The highest BCUT2D eigenvalue weighted by molar-refractivity contribution is 5.96. The molecule has 0 fully saturated rings. The first-order valence-corrected chi connectivity index (χ1v) is 6.96. The molecule has 4 heteroatoms. The summed E-state index contributed by atoms with van der Waals surface area (Å²) < 4.78 is 5.32. The van der Waals surface area contributed by atoms with E-state index in [1.807, 2.05) is 55.5 Å². The van der Waals surface area contributed by atoms with Gasteiger partial charge < -0.3 is 10.1 Å². The summed E-state index contributed by atoms with van der Waals surface area (Å²) in [4.78, 5) is 22.4. The Bertz CT molecular complexity index is 778. The first kappa shape index (κ1) is 14.1. The minimum Gasteiger partial charge on any atom is -0.482 e. The van der Waals surface area contributed by atoms with Gasteiger partial charge in [-0.15, -0.1) is 0 Å². The van der Waals surface area contributed by atoms with E-state index in [0.29, 0.717) is 17.0 Å². The molecule has 0 aliphatic carbocycles. The fourth-order valence-electron chi connectivity index (χ4n) is 2.34. The normalized spacial score (nSPS) is 13.4. The fraction of sp³-hybridized carbons (Fsp3) is 0.111. The second-order valence-corrected chi connectivity index (χ2v) is 5.18. The Labute approximate surface area is 128 Å². The van der Waals surface area contributed by atoms with Gasteiger partial charge in [0, 0.05) is 5.56 Å². The number of amides is 1. The molecule has 1 aliphatic rings. The largest absolute Gasteiger partial charge is 0.482 e. The summed E-state index contributed by atoms with van der Waals surface area (Å²) in [7, 11) is 0. The zero-order valence-electron chi connectivity index (χ0n) is 12.1. The van der Waals surface area contributed by atoms with Gasteiger partial charge in [0.15, 0.2) is 12.9 Å². The van der Waals surface area contributed by atoms with E-state index < -0.39 is 0 Å². The molecule has 1 heterocycles. The lowest BCUT2D eigenvalue weighted by atomic mass is 10.0. The van der Waals surface area contributed by atoms with Gasteiger partial charge in [0.25, 0.3) is 5.91 Å². The van der Waals surface area contributed by atoms with Gasteiger partial charge in [-0.05, 0) is 30.2 Å². The average molecular weight is 293 g/mol. The number of carbonyl (C=O) groups is 2. The molecule has 1 amide bonds. The smallest absolute Gasteiger partial charge is 0.262 e. The number of ether oxygens (including phenoxy) is 1. The number of nitrogens with one attached hydrogen (secondary N) is 1. The zero-order chi connectivity index (χ0) is 15.5. The average Bonchev–Trinajstić information content (AvgIpc) is 2.52. The summed E-state index contributed by atoms with van der Waals surface area (Å²) in [6.45, 7) is 2.03. The van der Waals surface area contributed by atoms with Crippen molar-refractivity contribution in [1.82, 2.24) is 0 Å². The van der Waals surface area contributed by atoms with Gasteiger partial charge in [-0.2, -0.15) is 0 Å². The molecule has 2 aromatic carbocycles. The van der Waals surface area contributed by atoms with Crippen LogP contribution < -0.4 is 10.1 Å². The molecule has 2 aromatic rings. The summed E-state index contributed by atoms with van der Waals surface area (Å²) in [5, 5.41) is 2.78. The van der Waals surface area contributed by atoms with Crippen LogP contribution in [0.15, 0.2) is 36.4 Å². The molecule has 22 heavy (non-hydrogen) atoms. The topological polar surface area (TPSA) is 55.4 Å². The van der Waals surface area contributed by atoms with Gasteiger partial charge in [-0.3, -0.25) is 9.59 Å². The predicted molar refractivity (Wildman–Crippen MR) is 86.1 cm³/mol. The third-order valence-electron chi connectivity index (χ3n) is 3.46. The van der Waals surface area contributed by atoms with Crippen molar-refractivity contribution < 1.29 is 14.3 Å². The molecule has 1 N–H and O–H groups in total. The monoisotopic (exact) mass is 293 g/mol. The highest BCUT2D eigenvalue weighted by Gasteiger charge is 2.15. The lowest BCUT2D eigenvalue weighted by molar-refractivity contribution is -0.118. The number of rotatable bonds is 3. The summed E-state index contributed by atoms with van der Waals surface area (Å²) >= 11 is 0. The highest BCUT2D eigenvalue weighted by atomic mass is 16.5. The van der Waals surface area contributed by atoms with E-state index >= 15 is 0 Å². The summed E-state index contributed by atoms with van der Waals surface area (Å²) in [6.07, 6.45) is 4.65. The van der Waals surface area contributed by atoms with Crippen LogP contribution in [-0.4, -0.2) is 18.8 Å². The molecule has 0 saturated heterocycles. The molecular formula is C18H15NO3. The van der Waals surface area contributed by atoms with Crippen molar-refractivity contribution >= 4 is 30.0 Å². The maximum absolute atomic E-state index is 11.3. The van der Waals surface area contributed by atoms with Crippen LogP contribution in [0.5, 0.6) is 5.75 Å². The van der Waals surface area contributed by atoms with Crippen LogP contribution in [0.3, 0.4) is 0 Å². The minimum absolute atomic E-state index is 0.0498. The van der Waals surface area contributed by atoms with Gasteiger partial charge in [-0.1, -0.05) is 42.0 Å². The Morgan fingerprint density at radius 2 is 1.95 bits per heavy atom. The van der Waals surface area contributed by atoms with Crippen LogP contribution >= 0.6 is 0 Å². The van der Waals surface area contributed by atoms with Crippen molar-refractivity contribution in [3.8, 4) is 5.75 Å². The Morgan fingerprint density at radius 3 is 2.77 bits per heavy atom. The van der Waals surface area contributed by atoms with Crippen molar-refractivity contribution in [2.24, 2.45) is 0 Å². The van der Waals surface area contributed by atoms with Crippen molar-refractivity contribution in [3.63, 3.8) is 0 Å². The van der Waals surface area contributed by atoms with Crippen LogP contribution in [0, 0.1) is 6.92 Å². The van der Waals surface area contributed by atoms with Crippen LogP contribution in [0.25, 0.3) is 12.2 Å². The van der Waals surface area contributed by atoms with Crippen LogP contribution in [0.2, 0.25) is 0 Å². The zero-order valence-corrected chi connectivity index (χ0v) is 12.1. The maximum atomic E-state index is 11.3. The van der Waals surface area contributed by atoms with Crippen molar-refractivity contribution in [2.45, 2.75) is 6.92 Å². The second kappa shape index (κ2) is 5.85. The van der Waals surface area contributed by atoms with E-state index in [1.54, 1.807) is 0 Å².